The van der Waals surface area contributed by atoms with Crippen LogP contribution in [0.5, 0.6) is 0 Å². The molecule has 0 N–H and O–H groups in total. The monoisotopic (exact) mass is 384 g/mol. The van der Waals surface area contributed by atoms with Crippen molar-refractivity contribution in [2.24, 2.45) is 0 Å². The van der Waals surface area contributed by atoms with E-state index in [9.17, 15) is 14.4 Å². The molecule has 0 unspecified atom stereocenters. The van der Waals surface area contributed by atoms with Gasteiger partial charge >= 0.3 is 0 Å². The normalized spacial score (nSPS) is 12.8. The molecule has 0 spiro atoms. The molecule has 0 atom stereocenters. The van der Waals surface area contributed by atoms with Crippen LogP contribution < -0.4 is 4.90 Å². The number of fused-ring (bicyclic) bond motifs is 1. The van der Waals surface area contributed by atoms with Gasteiger partial charge in [-0.25, -0.2) is 0 Å². The molecule has 0 aromatic heterocycles. The van der Waals surface area contributed by atoms with Gasteiger partial charge in [-0.15, -0.1) is 0 Å². The fourth-order valence-electron chi connectivity index (χ4n) is 3.41. The Morgan fingerprint density at radius 2 is 1.52 bits per heavy atom. The van der Waals surface area contributed by atoms with Crippen molar-refractivity contribution in [3.8, 4) is 0 Å². The van der Waals surface area contributed by atoms with Gasteiger partial charge in [0, 0.05) is 18.3 Å². The first-order chi connectivity index (χ1) is 14.0. The maximum absolute atomic E-state index is 12.9. The zero-order valence-electron chi connectivity index (χ0n) is 16.3. The van der Waals surface area contributed by atoms with Gasteiger partial charge < -0.3 is 4.90 Å². The number of carbonyl (C=O) groups excluding carboxylic acids is 3. The Labute approximate surface area is 169 Å². The number of amides is 3. The van der Waals surface area contributed by atoms with Crippen molar-refractivity contribution >= 4 is 23.4 Å². The lowest BCUT2D eigenvalue weighted by Crippen LogP contribution is -2.29. The first-order valence-electron chi connectivity index (χ1n) is 9.34. The number of hydrogen-bond donors (Lipinski definition) is 0. The predicted octanol–water partition coefficient (Wildman–Crippen LogP) is 4.07. The van der Waals surface area contributed by atoms with E-state index in [0.717, 1.165) is 16.8 Å². The van der Waals surface area contributed by atoms with Crippen molar-refractivity contribution in [1.82, 2.24) is 4.90 Å². The van der Waals surface area contributed by atoms with E-state index in [-0.39, 0.29) is 29.8 Å². The highest BCUT2D eigenvalue weighted by Gasteiger charge is 2.36. The average molecular weight is 384 g/mol. The molecule has 3 aromatic rings. The summed E-state index contributed by atoms with van der Waals surface area (Å²) in [5.74, 6) is -0.945. The molecule has 5 nitrogen and oxygen atoms in total. The molecule has 0 saturated heterocycles. The minimum absolute atomic E-state index is 0.208. The van der Waals surface area contributed by atoms with Crippen molar-refractivity contribution in [2.45, 2.75) is 13.5 Å². The number of imide groups is 1. The van der Waals surface area contributed by atoms with E-state index in [0.29, 0.717) is 11.1 Å². The molecule has 0 fully saturated rings. The van der Waals surface area contributed by atoms with Crippen LogP contribution in [0, 0.1) is 6.92 Å². The minimum Gasteiger partial charge on any atom is -0.311 e. The van der Waals surface area contributed by atoms with Crippen LogP contribution in [0.25, 0.3) is 0 Å². The van der Waals surface area contributed by atoms with E-state index in [1.54, 1.807) is 19.2 Å². The molecule has 0 radical (unpaired) electrons. The van der Waals surface area contributed by atoms with Crippen molar-refractivity contribution < 1.29 is 14.4 Å². The van der Waals surface area contributed by atoms with Crippen molar-refractivity contribution in [1.29, 1.82) is 0 Å². The zero-order valence-corrected chi connectivity index (χ0v) is 16.3. The van der Waals surface area contributed by atoms with E-state index < -0.39 is 0 Å². The number of benzene rings is 3. The van der Waals surface area contributed by atoms with E-state index in [1.165, 1.54) is 15.9 Å². The Kier molecular flexibility index (Phi) is 4.72. The standard InChI is InChI=1S/C24H20N2O3/c1-16-8-11-19(12-9-16)25(2)22(27)18-10-13-20-21(14-18)24(29)26(23(20)28)15-17-6-4-3-5-7-17/h3-14H,15H2,1-2H3. The highest BCUT2D eigenvalue weighted by Crippen LogP contribution is 2.26. The third-order valence-corrected chi connectivity index (χ3v) is 5.13. The Hall–Kier alpha value is -3.73. The lowest BCUT2D eigenvalue weighted by Gasteiger charge is -2.18. The molecule has 4 rings (SSSR count). The lowest BCUT2D eigenvalue weighted by atomic mass is 10.0. The Morgan fingerprint density at radius 3 is 2.21 bits per heavy atom. The molecule has 0 aliphatic carbocycles. The Morgan fingerprint density at radius 1 is 0.862 bits per heavy atom. The number of nitrogens with zero attached hydrogens (tertiary/aromatic N) is 2. The summed E-state index contributed by atoms with van der Waals surface area (Å²) >= 11 is 0. The number of carbonyl (C=O) groups is 3. The van der Waals surface area contributed by atoms with Gasteiger partial charge in [0.05, 0.1) is 17.7 Å². The summed E-state index contributed by atoms with van der Waals surface area (Å²) in [7, 11) is 1.69. The van der Waals surface area contributed by atoms with Gasteiger partial charge in [-0.2, -0.15) is 0 Å². The molecule has 144 valence electrons. The summed E-state index contributed by atoms with van der Waals surface area (Å²) in [6.45, 7) is 2.19. The zero-order chi connectivity index (χ0) is 20.5. The highest BCUT2D eigenvalue weighted by molar-refractivity contribution is 6.22. The van der Waals surface area contributed by atoms with Gasteiger partial charge in [-0.1, -0.05) is 48.0 Å². The summed E-state index contributed by atoms with van der Waals surface area (Å²) in [6, 6.07) is 21.7. The fourth-order valence-corrected chi connectivity index (χ4v) is 3.41. The van der Waals surface area contributed by atoms with Gasteiger partial charge in [-0.05, 0) is 42.8 Å². The molecule has 5 heteroatoms. The SMILES string of the molecule is Cc1ccc(N(C)C(=O)c2ccc3c(c2)C(=O)N(Cc2ccccc2)C3=O)cc1. The summed E-state index contributed by atoms with van der Waals surface area (Å²) in [5, 5.41) is 0. The summed E-state index contributed by atoms with van der Waals surface area (Å²) in [4.78, 5) is 41.2. The summed E-state index contributed by atoms with van der Waals surface area (Å²) in [6.07, 6.45) is 0. The number of hydrogen-bond acceptors (Lipinski definition) is 3. The van der Waals surface area contributed by atoms with Crippen LogP contribution in [-0.2, 0) is 6.54 Å². The highest BCUT2D eigenvalue weighted by atomic mass is 16.2. The van der Waals surface area contributed by atoms with E-state index in [4.69, 9.17) is 0 Å². The van der Waals surface area contributed by atoms with E-state index in [1.807, 2.05) is 61.5 Å². The molecule has 0 saturated carbocycles. The molecule has 3 aromatic carbocycles. The van der Waals surface area contributed by atoms with Crippen LogP contribution in [0.15, 0.2) is 72.8 Å². The third-order valence-electron chi connectivity index (χ3n) is 5.13. The molecule has 1 aliphatic heterocycles. The number of rotatable bonds is 4. The first-order valence-corrected chi connectivity index (χ1v) is 9.34. The largest absolute Gasteiger partial charge is 0.311 e. The second-order valence-corrected chi connectivity index (χ2v) is 7.14. The van der Waals surface area contributed by atoms with Gasteiger partial charge in [0.2, 0.25) is 0 Å². The van der Waals surface area contributed by atoms with Gasteiger partial charge in [0.15, 0.2) is 0 Å². The third kappa shape index (κ3) is 3.43. The van der Waals surface area contributed by atoms with Gasteiger partial charge in [-0.3, -0.25) is 19.3 Å². The van der Waals surface area contributed by atoms with Crippen LogP contribution in [0.2, 0.25) is 0 Å². The molecular weight excluding hydrogens is 364 g/mol. The topological polar surface area (TPSA) is 57.7 Å². The van der Waals surface area contributed by atoms with Crippen LogP contribution in [0.4, 0.5) is 5.69 Å². The maximum Gasteiger partial charge on any atom is 0.261 e. The maximum atomic E-state index is 12.9. The number of anilines is 1. The molecule has 29 heavy (non-hydrogen) atoms. The Balaban J connectivity index is 1.60. The molecule has 1 heterocycles. The molecule has 0 bridgehead atoms. The van der Waals surface area contributed by atoms with E-state index in [2.05, 4.69) is 0 Å². The predicted molar refractivity (Wildman–Crippen MR) is 111 cm³/mol. The lowest BCUT2D eigenvalue weighted by molar-refractivity contribution is 0.0642. The quantitative estimate of drug-likeness (QED) is 0.637. The fraction of sp³-hybridized carbons (Fsp3) is 0.125. The number of aryl methyl sites for hydroxylation is 1. The van der Waals surface area contributed by atoms with Crippen LogP contribution in [0.3, 0.4) is 0 Å². The second kappa shape index (κ2) is 7.36. The molecule has 3 amide bonds. The molecular formula is C24H20N2O3. The summed E-state index contributed by atoms with van der Waals surface area (Å²) < 4.78 is 0. The first kappa shape index (κ1) is 18.6. The average Bonchev–Trinajstić information content (AvgIpc) is 2.98. The molecule has 1 aliphatic rings. The second-order valence-electron chi connectivity index (χ2n) is 7.14. The van der Waals surface area contributed by atoms with Crippen LogP contribution in [0.1, 0.15) is 42.2 Å². The van der Waals surface area contributed by atoms with Gasteiger partial charge in [0.25, 0.3) is 17.7 Å². The Bertz CT molecular complexity index is 1100. The van der Waals surface area contributed by atoms with Gasteiger partial charge in [0.1, 0.15) is 0 Å². The van der Waals surface area contributed by atoms with Crippen molar-refractivity contribution in [3.63, 3.8) is 0 Å². The van der Waals surface area contributed by atoms with Crippen molar-refractivity contribution in [2.75, 3.05) is 11.9 Å². The smallest absolute Gasteiger partial charge is 0.261 e. The van der Waals surface area contributed by atoms with E-state index >= 15 is 0 Å². The van der Waals surface area contributed by atoms with Crippen LogP contribution >= 0.6 is 0 Å². The van der Waals surface area contributed by atoms with Crippen molar-refractivity contribution in [3.05, 3.63) is 101 Å². The minimum atomic E-state index is -0.374. The summed E-state index contributed by atoms with van der Waals surface area (Å²) in [5.41, 5.74) is 3.71. The van der Waals surface area contributed by atoms with Crippen LogP contribution in [-0.4, -0.2) is 29.7 Å².